The molecule has 0 atom stereocenters. The van der Waals surface area contributed by atoms with Gasteiger partial charge in [-0.05, 0) is 35.9 Å². The van der Waals surface area contributed by atoms with Crippen LogP contribution in [-0.2, 0) is 22.0 Å². The molecule has 3 aromatic rings. The van der Waals surface area contributed by atoms with E-state index in [2.05, 4.69) is 21.5 Å². The van der Waals surface area contributed by atoms with Crippen LogP contribution in [0, 0.1) is 11.8 Å². The van der Waals surface area contributed by atoms with E-state index in [0.717, 1.165) is 35.2 Å². The molecule has 0 bridgehead atoms. The summed E-state index contributed by atoms with van der Waals surface area (Å²) in [5.41, 5.74) is 0.209. The number of hydrogen-bond acceptors (Lipinski definition) is 4. The minimum Gasteiger partial charge on any atom is -0.481 e. The standard InChI is InChI=1S/C21H17F3N2O3S/c22-21(23,24)18-8-5-16(6-9-18)15-30(27,28)26-12-1-2-13-29-19-10-7-17-4-3-11-25-20(17)14-19/h3-11,14,26H,12-13,15H2. The van der Waals surface area contributed by atoms with Crippen LogP contribution in [0.4, 0.5) is 13.2 Å². The number of nitrogens with zero attached hydrogens (tertiary/aromatic N) is 1. The van der Waals surface area contributed by atoms with E-state index in [1.165, 1.54) is 0 Å². The van der Waals surface area contributed by atoms with E-state index >= 15 is 0 Å². The number of benzene rings is 2. The SMILES string of the molecule is O=S(=O)(Cc1ccc(C(F)(F)F)cc1)NCC#CCOc1ccc2cccnc2c1. The van der Waals surface area contributed by atoms with E-state index in [4.69, 9.17) is 4.74 Å². The number of nitrogens with one attached hydrogen (secondary N) is 1. The Hall–Kier alpha value is -3.09. The fraction of sp³-hybridized carbons (Fsp3) is 0.190. The second-order valence-corrected chi connectivity index (χ2v) is 8.08. The fourth-order valence-corrected chi connectivity index (χ4v) is 3.60. The average Bonchev–Trinajstić information content (AvgIpc) is 2.70. The molecular formula is C21H17F3N2O3S. The zero-order chi connectivity index (χ0) is 21.6. The molecule has 2 aromatic carbocycles. The first-order valence-corrected chi connectivity index (χ1v) is 10.4. The Kier molecular flexibility index (Phi) is 6.59. The van der Waals surface area contributed by atoms with Gasteiger partial charge in [-0.2, -0.15) is 13.2 Å². The molecule has 0 amide bonds. The Morgan fingerprint density at radius 2 is 1.80 bits per heavy atom. The lowest BCUT2D eigenvalue weighted by atomic mass is 10.1. The minimum atomic E-state index is -4.46. The Morgan fingerprint density at radius 1 is 1.03 bits per heavy atom. The van der Waals surface area contributed by atoms with Gasteiger partial charge in [-0.1, -0.05) is 30.0 Å². The highest BCUT2D eigenvalue weighted by atomic mass is 32.2. The number of aromatic nitrogens is 1. The zero-order valence-corrected chi connectivity index (χ0v) is 16.4. The second-order valence-electron chi connectivity index (χ2n) is 6.28. The summed E-state index contributed by atoms with van der Waals surface area (Å²) in [4.78, 5) is 4.23. The molecule has 0 unspecified atom stereocenters. The van der Waals surface area contributed by atoms with Gasteiger partial charge in [0.2, 0.25) is 10.0 Å². The van der Waals surface area contributed by atoms with Crippen LogP contribution in [0.15, 0.2) is 60.8 Å². The summed E-state index contributed by atoms with van der Waals surface area (Å²) in [7, 11) is -3.73. The predicted molar refractivity (Wildman–Crippen MR) is 107 cm³/mol. The lowest BCUT2D eigenvalue weighted by molar-refractivity contribution is -0.137. The molecule has 1 aromatic heterocycles. The molecule has 156 valence electrons. The Bertz CT molecular complexity index is 1180. The van der Waals surface area contributed by atoms with Crippen molar-refractivity contribution in [3.63, 3.8) is 0 Å². The minimum absolute atomic E-state index is 0.0684. The van der Waals surface area contributed by atoms with Crippen molar-refractivity contribution in [2.24, 2.45) is 0 Å². The Labute approximate surface area is 171 Å². The third-order valence-electron chi connectivity index (χ3n) is 4.03. The molecule has 30 heavy (non-hydrogen) atoms. The fourth-order valence-electron chi connectivity index (χ4n) is 2.58. The lowest BCUT2D eigenvalue weighted by Gasteiger charge is -2.08. The number of fused-ring (bicyclic) bond motifs is 1. The van der Waals surface area contributed by atoms with Crippen LogP contribution in [0.5, 0.6) is 5.75 Å². The van der Waals surface area contributed by atoms with Crippen LogP contribution in [0.1, 0.15) is 11.1 Å². The van der Waals surface area contributed by atoms with Crippen molar-refractivity contribution in [2.45, 2.75) is 11.9 Å². The van der Waals surface area contributed by atoms with Gasteiger partial charge in [0.05, 0.1) is 23.4 Å². The first-order valence-electron chi connectivity index (χ1n) is 8.80. The van der Waals surface area contributed by atoms with Crippen LogP contribution in [0.25, 0.3) is 10.9 Å². The van der Waals surface area contributed by atoms with E-state index in [1.54, 1.807) is 18.3 Å². The van der Waals surface area contributed by atoms with Gasteiger partial charge in [0.25, 0.3) is 0 Å². The topological polar surface area (TPSA) is 68.3 Å². The number of hydrogen-bond donors (Lipinski definition) is 1. The molecule has 3 rings (SSSR count). The normalized spacial score (nSPS) is 11.7. The number of pyridine rings is 1. The number of ether oxygens (including phenoxy) is 1. The molecule has 0 aliphatic carbocycles. The monoisotopic (exact) mass is 434 g/mol. The number of rotatable bonds is 6. The van der Waals surface area contributed by atoms with Gasteiger partial charge in [0.1, 0.15) is 12.4 Å². The summed E-state index contributed by atoms with van der Waals surface area (Å²) in [6.45, 7) is -0.0649. The summed E-state index contributed by atoms with van der Waals surface area (Å²) in [6, 6.07) is 13.2. The Balaban J connectivity index is 1.46. The van der Waals surface area contributed by atoms with Crippen LogP contribution in [-0.4, -0.2) is 26.6 Å². The maximum atomic E-state index is 12.5. The summed E-state index contributed by atoms with van der Waals surface area (Å²) >= 11 is 0. The quantitative estimate of drug-likeness (QED) is 0.600. The van der Waals surface area contributed by atoms with Crippen molar-refractivity contribution in [1.29, 1.82) is 0 Å². The third kappa shape index (κ3) is 6.20. The van der Waals surface area contributed by atoms with Crippen molar-refractivity contribution < 1.29 is 26.3 Å². The third-order valence-corrected chi connectivity index (χ3v) is 5.33. The zero-order valence-electron chi connectivity index (χ0n) is 15.6. The highest BCUT2D eigenvalue weighted by Crippen LogP contribution is 2.29. The molecule has 0 aliphatic rings. The average molecular weight is 434 g/mol. The van der Waals surface area contributed by atoms with E-state index < -0.39 is 27.5 Å². The molecule has 1 N–H and O–H groups in total. The molecule has 0 aliphatic heterocycles. The second kappa shape index (κ2) is 9.15. The first kappa shape index (κ1) is 21.6. The number of sulfonamides is 1. The van der Waals surface area contributed by atoms with E-state index in [1.807, 2.05) is 18.2 Å². The molecule has 0 saturated heterocycles. The van der Waals surface area contributed by atoms with Crippen LogP contribution >= 0.6 is 0 Å². The maximum absolute atomic E-state index is 12.5. The highest BCUT2D eigenvalue weighted by Gasteiger charge is 2.30. The summed E-state index contributed by atoms with van der Waals surface area (Å²) in [6.07, 6.45) is -2.78. The number of halogens is 3. The van der Waals surface area contributed by atoms with Crippen molar-refractivity contribution in [3.05, 3.63) is 71.9 Å². The maximum Gasteiger partial charge on any atom is 0.416 e. The van der Waals surface area contributed by atoms with Crippen LogP contribution in [0.2, 0.25) is 0 Å². The van der Waals surface area contributed by atoms with Crippen molar-refractivity contribution in [2.75, 3.05) is 13.2 Å². The Morgan fingerprint density at radius 3 is 2.53 bits per heavy atom. The molecule has 0 spiro atoms. The van der Waals surface area contributed by atoms with E-state index in [0.29, 0.717) is 5.75 Å². The highest BCUT2D eigenvalue weighted by molar-refractivity contribution is 7.88. The summed E-state index contributed by atoms with van der Waals surface area (Å²) in [5.74, 6) is 5.49. The van der Waals surface area contributed by atoms with Crippen LogP contribution in [0.3, 0.4) is 0 Å². The van der Waals surface area contributed by atoms with Gasteiger partial charge in [-0.3, -0.25) is 4.98 Å². The molecule has 0 saturated carbocycles. The predicted octanol–water partition coefficient (Wildman–Crippen LogP) is 3.76. The van der Waals surface area contributed by atoms with Gasteiger partial charge >= 0.3 is 6.18 Å². The van der Waals surface area contributed by atoms with Crippen molar-refractivity contribution in [1.82, 2.24) is 9.71 Å². The van der Waals surface area contributed by atoms with E-state index in [9.17, 15) is 21.6 Å². The van der Waals surface area contributed by atoms with Gasteiger partial charge in [-0.25, -0.2) is 13.1 Å². The lowest BCUT2D eigenvalue weighted by Crippen LogP contribution is -2.25. The largest absolute Gasteiger partial charge is 0.481 e. The molecule has 0 fully saturated rings. The van der Waals surface area contributed by atoms with Crippen molar-refractivity contribution in [3.8, 4) is 17.6 Å². The van der Waals surface area contributed by atoms with Gasteiger partial charge < -0.3 is 4.74 Å². The van der Waals surface area contributed by atoms with Gasteiger partial charge in [-0.15, -0.1) is 0 Å². The van der Waals surface area contributed by atoms with Crippen molar-refractivity contribution >= 4 is 20.9 Å². The molecular weight excluding hydrogens is 417 g/mol. The molecule has 0 radical (unpaired) electrons. The number of alkyl halides is 3. The molecule has 9 heteroatoms. The van der Waals surface area contributed by atoms with Gasteiger partial charge in [0.15, 0.2) is 0 Å². The summed E-state index contributed by atoms with van der Waals surface area (Å²) < 4.78 is 69.5. The molecule has 5 nitrogen and oxygen atoms in total. The smallest absolute Gasteiger partial charge is 0.416 e. The summed E-state index contributed by atoms with van der Waals surface area (Å²) in [5, 5.41) is 0.985. The first-order chi connectivity index (χ1) is 14.2. The molecule has 1 heterocycles. The van der Waals surface area contributed by atoms with Gasteiger partial charge in [0, 0.05) is 17.6 Å². The van der Waals surface area contributed by atoms with Crippen LogP contribution < -0.4 is 9.46 Å². The van der Waals surface area contributed by atoms with E-state index in [-0.39, 0.29) is 18.7 Å².